The lowest BCUT2D eigenvalue weighted by atomic mass is 10.0. The topological polar surface area (TPSA) is 72.7 Å². The summed E-state index contributed by atoms with van der Waals surface area (Å²) in [6, 6.07) is 2.94. The average molecular weight is 313 g/mol. The predicted molar refractivity (Wildman–Crippen MR) is 80.5 cm³/mol. The van der Waals surface area contributed by atoms with Crippen LogP contribution in [0.3, 0.4) is 0 Å². The highest BCUT2D eigenvalue weighted by atomic mass is 35.5. The first-order valence-electron chi connectivity index (χ1n) is 6.78. The van der Waals surface area contributed by atoms with E-state index in [0.717, 1.165) is 25.8 Å². The van der Waals surface area contributed by atoms with Gasteiger partial charge in [0.05, 0.1) is 17.6 Å². The van der Waals surface area contributed by atoms with Gasteiger partial charge in [0, 0.05) is 24.7 Å². The molecule has 0 N–H and O–H groups in total. The summed E-state index contributed by atoms with van der Waals surface area (Å²) in [6.45, 7) is 2.79. The first-order valence-corrected chi connectivity index (χ1v) is 7.16. The molecule has 21 heavy (non-hydrogen) atoms. The van der Waals surface area contributed by atoms with Crippen molar-refractivity contribution in [2.45, 2.75) is 32.2 Å². The third kappa shape index (κ3) is 3.10. The Balaban J connectivity index is 2.57. The molecular formula is C14H17ClN2O4. The van der Waals surface area contributed by atoms with Crippen molar-refractivity contribution in [2.75, 3.05) is 18.6 Å². The van der Waals surface area contributed by atoms with Crippen LogP contribution in [0.5, 0.6) is 5.75 Å². The molecule has 114 valence electrons. The van der Waals surface area contributed by atoms with Gasteiger partial charge in [-0.05, 0) is 37.8 Å². The minimum atomic E-state index is -0.770. The average Bonchev–Trinajstić information content (AvgIpc) is 2.46. The van der Waals surface area contributed by atoms with Crippen LogP contribution in [-0.4, -0.2) is 29.9 Å². The lowest BCUT2D eigenvalue weighted by Gasteiger charge is -2.35. The fourth-order valence-electron chi connectivity index (χ4n) is 2.71. The third-order valence-corrected chi connectivity index (χ3v) is 4.02. The van der Waals surface area contributed by atoms with Crippen LogP contribution in [0.4, 0.5) is 11.4 Å². The standard InChI is InChI=1S/C14H17ClN2O4/c1-9-5-3-4-6-16(9)11-8-13(21-2)10(14(15)18)7-12(11)17(19)20/h7-9H,3-6H2,1-2H3/t9-/m1/s1. The maximum absolute atomic E-state index is 11.4. The van der Waals surface area contributed by atoms with E-state index in [-0.39, 0.29) is 23.0 Å². The maximum Gasteiger partial charge on any atom is 0.293 e. The van der Waals surface area contributed by atoms with Gasteiger partial charge >= 0.3 is 0 Å². The Morgan fingerprint density at radius 1 is 1.48 bits per heavy atom. The van der Waals surface area contributed by atoms with Gasteiger partial charge < -0.3 is 9.64 Å². The summed E-state index contributed by atoms with van der Waals surface area (Å²) in [4.78, 5) is 24.2. The van der Waals surface area contributed by atoms with Crippen LogP contribution < -0.4 is 9.64 Å². The summed E-state index contributed by atoms with van der Waals surface area (Å²) in [5, 5.41) is 10.6. The first-order chi connectivity index (χ1) is 9.95. The molecule has 6 nitrogen and oxygen atoms in total. The van der Waals surface area contributed by atoms with Gasteiger partial charge in [-0.2, -0.15) is 0 Å². The van der Waals surface area contributed by atoms with Crippen molar-refractivity contribution >= 4 is 28.2 Å². The minimum Gasteiger partial charge on any atom is -0.496 e. The van der Waals surface area contributed by atoms with E-state index in [0.29, 0.717) is 5.69 Å². The highest BCUT2D eigenvalue weighted by Gasteiger charge is 2.28. The summed E-state index contributed by atoms with van der Waals surface area (Å²) in [5.74, 6) is 0.258. The molecule has 1 saturated heterocycles. The lowest BCUT2D eigenvalue weighted by molar-refractivity contribution is -0.384. The fraction of sp³-hybridized carbons (Fsp3) is 0.500. The molecule has 1 aliphatic rings. The number of nitro groups is 1. The molecule has 1 fully saturated rings. The highest BCUT2D eigenvalue weighted by Crippen LogP contribution is 2.38. The number of piperidine rings is 1. The summed E-state index contributed by atoms with van der Waals surface area (Å²) < 4.78 is 5.15. The molecule has 0 amide bonds. The van der Waals surface area contributed by atoms with E-state index >= 15 is 0 Å². The summed E-state index contributed by atoms with van der Waals surface area (Å²) in [7, 11) is 1.41. The van der Waals surface area contributed by atoms with E-state index in [9.17, 15) is 14.9 Å². The zero-order valence-corrected chi connectivity index (χ0v) is 12.7. The molecule has 1 aliphatic heterocycles. The Labute approximate surface area is 127 Å². The van der Waals surface area contributed by atoms with Crippen LogP contribution in [0.1, 0.15) is 36.5 Å². The second-order valence-corrected chi connectivity index (χ2v) is 5.45. The number of carbonyl (C=O) groups is 1. The molecule has 1 aromatic carbocycles. The van der Waals surface area contributed by atoms with Crippen molar-refractivity contribution in [1.82, 2.24) is 0 Å². The predicted octanol–water partition coefficient (Wildman–Crippen LogP) is 3.36. The van der Waals surface area contributed by atoms with Gasteiger partial charge in [0.15, 0.2) is 0 Å². The van der Waals surface area contributed by atoms with Gasteiger partial charge in [0.1, 0.15) is 11.4 Å². The van der Waals surface area contributed by atoms with E-state index in [4.69, 9.17) is 16.3 Å². The summed E-state index contributed by atoms with van der Waals surface area (Å²) in [5.41, 5.74) is 0.374. The smallest absolute Gasteiger partial charge is 0.293 e. The zero-order valence-electron chi connectivity index (χ0n) is 12.0. The molecule has 7 heteroatoms. The number of benzene rings is 1. The molecule has 1 heterocycles. The van der Waals surface area contributed by atoms with Crippen LogP contribution in [0, 0.1) is 10.1 Å². The number of hydrogen-bond acceptors (Lipinski definition) is 5. The number of rotatable bonds is 4. The van der Waals surface area contributed by atoms with Gasteiger partial charge in [-0.15, -0.1) is 0 Å². The Kier molecular flexibility index (Phi) is 4.67. The molecule has 0 unspecified atom stereocenters. The van der Waals surface area contributed by atoms with Crippen LogP contribution in [0.15, 0.2) is 12.1 Å². The number of hydrogen-bond donors (Lipinski definition) is 0. The van der Waals surface area contributed by atoms with Crippen molar-refractivity contribution in [3.8, 4) is 5.75 Å². The Morgan fingerprint density at radius 2 is 2.19 bits per heavy atom. The fourth-order valence-corrected chi connectivity index (χ4v) is 2.86. The molecule has 0 spiro atoms. The van der Waals surface area contributed by atoms with Crippen molar-refractivity contribution in [3.63, 3.8) is 0 Å². The number of halogens is 1. The van der Waals surface area contributed by atoms with Gasteiger partial charge in [-0.3, -0.25) is 14.9 Å². The molecule has 0 saturated carbocycles. The third-order valence-electron chi connectivity index (χ3n) is 3.82. The molecule has 1 aromatic rings. The van der Waals surface area contributed by atoms with Gasteiger partial charge in [0.2, 0.25) is 0 Å². The SMILES string of the molecule is COc1cc(N2CCCC[C@H]2C)c([N+](=O)[O-])cc1C(=O)Cl. The van der Waals surface area contributed by atoms with Crippen molar-refractivity contribution in [3.05, 3.63) is 27.8 Å². The van der Waals surface area contributed by atoms with E-state index in [1.54, 1.807) is 0 Å². The second kappa shape index (κ2) is 6.30. The molecule has 0 radical (unpaired) electrons. The number of nitrogens with zero attached hydrogens (tertiary/aromatic N) is 2. The van der Waals surface area contributed by atoms with Crippen molar-refractivity contribution in [1.29, 1.82) is 0 Å². The number of anilines is 1. The number of methoxy groups -OCH3 is 1. The van der Waals surface area contributed by atoms with Crippen molar-refractivity contribution < 1.29 is 14.5 Å². The molecular weight excluding hydrogens is 296 g/mol. The molecule has 0 aliphatic carbocycles. The number of ether oxygens (including phenoxy) is 1. The Hall–Kier alpha value is -1.82. The largest absolute Gasteiger partial charge is 0.496 e. The number of carbonyl (C=O) groups excluding carboxylic acids is 1. The molecule has 0 bridgehead atoms. The Bertz CT molecular complexity index is 576. The normalized spacial score (nSPS) is 18.4. The van der Waals surface area contributed by atoms with Crippen LogP contribution in [0.25, 0.3) is 0 Å². The van der Waals surface area contributed by atoms with E-state index in [2.05, 4.69) is 0 Å². The quantitative estimate of drug-likeness (QED) is 0.484. The van der Waals surface area contributed by atoms with Gasteiger partial charge in [-0.25, -0.2) is 0 Å². The van der Waals surface area contributed by atoms with Crippen molar-refractivity contribution in [2.24, 2.45) is 0 Å². The Morgan fingerprint density at radius 3 is 2.71 bits per heavy atom. The molecule has 2 rings (SSSR count). The first kappa shape index (κ1) is 15.6. The van der Waals surface area contributed by atoms with Crippen LogP contribution >= 0.6 is 11.6 Å². The number of nitro benzene ring substituents is 1. The zero-order chi connectivity index (χ0) is 15.6. The maximum atomic E-state index is 11.4. The van der Waals surface area contributed by atoms with Gasteiger partial charge in [0.25, 0.3) is 10.9 Å². The monoisotopic (exact) mass is 312 g/mol. The second-order valence-electron chi connectivity index (χ2n) is 5.11. The van der Waals surface area contributed by atoms with Crippen LogP contribution in [-0.2, 0) is 0 Å². The molecule has 0 aromatic heterocycles. The summed E-state index contributed by atoms with van der Waals surface area (Å²) in [6.07, 6.45) is 3.08. The molecule has 1 atom stereocenters. The van der Waals surface area contributed by atoms with Crippen LogP contribution in [0.2, 0.25) is 0 Å². The van der Waals surface area contributed by atoms with E-state index < -0.39 is 10.2 Å². The lowest BCUT2D eigenvalue weighted by Crippen LogP contribution is -2.37. The van der Waals surface area contributed by atoms with Gasteiger partial charge in [-0.1, -0.05) is 0 Å². The minimum absolute atomic E-state index is 0.0132. The van der Waals surface area contributed by atoms with E-state index in [1.165, 1.54) is 19.2 Å². The van der Waals surface area contributed by atoms with E-state index in [1.807, 2.05) is 11.8 Å². The highest BCUT2D eigenvalue weighted by molar-refractivity contribution is 6.68. The summed E-state index contributed by atoms with van der Waals surface area (Å²) >= 11 is 5.48.